The number of hydrogen-bond acceptors (Lipinski definition) is 6. The van der Waals surface area contributed by atoms with E-state index in [2.05, 4.69) is 15.5 Å². The Morgan fingerprint density at radius 2 is 2.04 bits per heavy atom. The Kier molecular flexibility index (Phi) is 5.32. The highest BCUT2D eigenvalue weighted by Gasteiger charge is 2.21. The van der Waals surface area contributed by atoms with Crippen LogP contribution in [0.4, 0.5) is 5.13 Å². The highest BCUT2D eigenvalue weighted by Crippen LogP contribution is 2.27. The summed E-state index contributed by atoms with van der Waals surface area (Å²) in [6.07, 6.45) is 1.89. The molecule has 1 heterocycles. The molecular formula is C17H17N3O2S2. The molecule has 0 bridgehead atoms. The molecule has 3 rings (SSSR count). The first-order valence-electron chi connectivity index (χ1n) is 7.54. The van der Waals surface area contributed by atoms with Crippen LogP contribution in [0.5, 0.6) is 5.75 Å². The molecular weight excluding hydrogens is 342 g/mol. The molecule has 1 unspecified atom stereocenters. The number of nitrogens with zero attached hydrogens (tertiary/aromatic N) is 2. The van der Waals surface area contributed by atoms with Gasteiger partial charge in [-0.25, -0.2) is 0 Å². The molecule has 1 atom stereocenters. The predicted molar refractivity (Wildman–Crippen MR) is 99.0 cm³/mol. The van der Waals surface area contributed by atoms with Crippen LogP contribution >= 0.6 is 23.1 Å². The standard InChI is InChI=1S/C17H17N3O2S2/c1-3-13(15(21)18-16-19-20-17(23-2)24-16)22-14-10-6-8-11-7-4-5-9-12(11)14/h4-10,13H,3H2,1-2H3,(H,18,19,21). The van der Waals surface area contributed by atoms with Crippen molar-refractivity contribution in [3.63, 3.8) is 0 Å². The van der Waals surface area contributed by atoms with E-state index < -0.39 is 6.10 Å². The Hall–Kier alpha value is -2.12. The topological polar surface area (TPSA) is 64.1 Å². The fraction of sp³-hybridized carbons (Fsp3) is 0.235. The number of amides is 1. The maximum Gasteiger partial charge on any atom is 0.267 e. The third-order valence-corrected chi connectivity index (χ3v) is 5.31. The molecule has 0 saturated carbocycles. The van der Waals surface area contributed by atoms with Gasteiger partial charge in [-0.3, -0.25) is 10.1 Å². The van der Waals surface area contributed by atoms with Gasteiger partial charge in [0.2, 0.25) is 5.13 Å². The van der Waals surface area contributed by atoms with Crippen molar-refractivity contribution in [1.29, 1.82) is 0 Å². The third kappa shape index (κ3) is 3.68. The Labute approximate surface area is 148 Å². The summed E-state index contributed by atoms with van der Waals surface area (Å²) in [4.78, 5) is 12.5. The van der Waals surface area contributed by atoms with Gasteiger partial charge in [0.25, 0.3) is 5.91 Å². The van der Waals surface area contributed by atoms with Gasteiger partial charge < -0.3 is 4.74 Å². The molecule has 0 aliphatic heterocycles. The van der Waals surface area contributed by atoms with Crippen LogP contribution in [0.2, 0.25) is 0 Å². The predicted octanol–water partition coefficient (Wildman–Crippen LogP) is 4.21. The number of rotatable bonds is 6. The normalized spacial score (nSPS) is 12.1. The third-order valence-electron chi connectivity index (χ3n) is 3.49. The Morgan fingerprint density at radius 3 is 2.79 bits per heavy atom. The summed E-state index contributed by atoms with van der Waals surface area (Å²) in [6, 6.07) is 13.8. The van der Waals surface area contributed by atoms with E-state index in [0.29, 0.717) is 17.3 Å². The van der Waals surface area contributed by atoms with E-state index in [0.717, 1.165) is 15.1 Å². The first-order chi connectivity index (χ1) is 11.7. The van der Waals surface area contributed by atoms with E-state index in [-0.39, 0.29) is 5.91 Å². The number of hydrogen-bond donors (Lipinski definition) is 1. The second-order valence-electron chi connectivity index (χ2n) is 5.06. The van der Waals surface area contributed by atoms with Crippen LogP contribution in [0.15, 0.2) is 46.8 Å². The Balaban J connectivity index is 1.77. The van der Waals surface area contributed by atoms with Crippen molar-refractivity contribution in [2.24, 2.45) is 0 Å². The van der Waals surface area contributed by atoms with E-state index in [9.17, 15) is 4.79 Å². The van der Waals surface area contributed by atoms with Gasteiger partial charge in [-0.15, -0.1) is 10.2 Å². The molecule has 2 aromatic carbocycles. The first-order valence-corrected chi connectivity index (χ1v) is 9.58. The molecule has 0 fully saturated rings. The summed E-state index contributed by atoms with van der Waals surface area (Å²) in [7, 11) is 0. The van der Waals surface area contributed by atoms with Crippen LogP contribution in [-0.2, 0) is 4.79 Å². The summed E-state index contributed by atoms with van der Waals surface area (Å²) >= 11 is 2.85. The van der Waals surface area contributed by atoms with Gasteiger partial charge >= 0.3 is 0 Å². The van der Waals surface area contributed by atoms with Crippen molar-refractivity contribution < 1.29 is 9.53 Å². The van der Waals surface area contributed by atoms with Gasteiger partial charge in [0, 0.05) is 5.39 Å². The van der Waals surface area contributed by atoms with Gasteiger partial charge in [0.05, 0.1) is 0 Å². The summed E-state index contributed by atoms with van der Waals surface area (Å²) in [5, 5.41) is 13.3. The molecule has 24 heavy (non-hydrogen) atoms. The highest BCUT2D eigenvalue weighted by atomic mass is 32.2. The number of ether oxygens (including phenoxy) is 1. The minimum absolute atomic E-state index is 0.214. The van der Waals surface area contributed by atoms with Gasteiger partial charge in [-0.1, -0.05) is 66.4 Å². The average molecular weight is 359 g/mol. The molecule has 1 aromatic heterocycles. The van der Waals surface area contributed by atoms with Crippen molar-refractivity contribution >= 4 is 44.9 Å². The second-order valence-corrected chi connectivity index (χ2v) is 7.09. The summed E-state index contributed by atoms with van der Waals surface area (Å²) in [5.74, 6) is 0.492. The Morgan fingerprint density at radius 1 is 1.25 bits per heavy atom. The fourth-order valence-corrected chi connectivity index (χ4v) is 3.48. The largest absolute Gasteiger partial charge is 0.480 e. The molecule has 1 N–H and O–H groups in total. The zero-order chi connectivity index (χ0) is 16.9. The molecule has 0 saturated heterocycles. The number of carbonyl (C=O) groups excluding carboxylic acids is 1. The summed E-state index contributed by atoms with van der Waals surface area (Å²) in [5.41, 5.74) is 0. The quantitative estimate of drug-likeness (QED) is 0.528. The summed E-state index contributed by atoms with van der Waals surface area (Å²) in [6.45, 7) is 1.92. The molecule has 0 aliphatic rings. The van der Waals surface area contributed by atoms with E-state index in [1.807, 2.05) is 55.6 Å². The first kappa shape index (κ1) is 16.7. The number of carbonyl (C=O) groups is 1. The number of nitrogens with one attached hydrogen (secondary N) is 1. The maximum atomic E-state index is 12.5. The Bertz CT molecular complexity index is 845. The van der Waals surface area contributed by atoms with Crippen LogP contribution < -0.4 is 10.1 Å². The lowest BCUT2D eigenvalue weighted by atomic mass is 10.1. The van der Waals surface area contributed by atoms with E-state index in [1.165, 1.54) is 23.1 Å². The molecule has 3 aromatic rings. The van der Waals surface area contributed by atoms with Gasteiger partial charge in [0.15, 0.2) is 10.4 Å². The van der Waals surface area contributed by atoms with Gasteiger partial charge in [-0.05, 0) is 24.1 Å². The number of fused-ring (bicyclic) bond motifs is 1. The number of benzene rings is 2. The zero-order valence-electron chi connectivity index (χ0n) is 13.4. The molecule has 7 heteroatoms. The van der Waals surface area contributed by atoms with Crippen molar-refractivity contribution in [2.75, 3.05) is 11.6 Å². The molecule has 5 nitrogen and oxygen atoms in total. The van der Waals surface area contributed by atoms with Crippen LogP contribution in [0.1, 0.15) is 13.3 Å². The van der Waals surface area contributed by atoms with Crippen LogP contribution in [0.25, 0.3) is 10.8 Å². The van der Waals surface area contributed by atoms with Crippen LogP contribution in [0, 0.1) is 0 Å². The zero-order valence-corrected chi connectivity index (χ0v) is 15.0. The van der Waals surface area contributed by atoms with E-state index >= 15 is 0 Å². The molecule has 0 aliphatic carbocycles. The fourth-order valence-electron chi connectivity index (χ4n) is 2.30. The molecule has 0 spiro atoms. The summed E-state index contributed by atoms with van der Waals surface area (Å²) < 4.78 is 6.80. The van der Waals surface area contributed by atoms with Gasteiger partial charge in [0.1, 0.15) is 5.75 Å². The van der Waals surface area contributed by atoms with E-state index in [1.54, 1.807) is 0 Å². The monoisotopic (exact) mass is 359 g/mol. The van der Waals surface area contributed by atoms with Crippen molar-refractivity contribution in [3.05, 3.63) is 42.5 Å². The van der Waals surface area contributed by atoms with Crippen LogP contribution in [-0.4, -0.2) is 28.5 Å². The van der Waals surface area contributed by atoms with Crippen molar-refractivity contribution in [3.8, 4) is 5.75 Å². The SMILES string of the molecule is CCC(Oc1cccc2ccccc12)C(=O)Nc1nnc(SC)s1. The molecule has 0 radical (unpaired) electrons. The minimum atomic E-state index is -0.586. The lowest BCUT2D eigenvalue weighted by molar-refractivity contribution is -0.122. The molecule has 124 valence electrons. The highest BCUT2D eigenvalue weighted by molar-refractivity contribution is 8.00. The number of anilines is 1. The van der Waals surface area contributed by atoms with Crippen LogP contribution in [0.3, 0.4) is 0 Å². The second kappa shape index (κ2) is 7.63. The lowest BCUT2D eigenvalue weighted by Gasteiger charge is -2.17. The number of aromatic nitrogens is 2. The molecule has 1 amide bonds. The maximum absolute atomic E-state index is 12.5. The van der Waals surface area contributed by atoms with Crippen molar-refractivity contribution in [2.45, 2.75) is 23.8 Å². The minimum Gasteiger partial charge on any atom is -0.480 e. The van der Waals surface area contributed by atoms with E-state index in [4.69, 9.17) is 4.74 Å². The lowest BCUT2D eigenvalue weighted by Crippen LogP contribution is -2.32. The smallest absolute Gasteiger partial charge is 0.267 e. The average Bonchev–Trinajstić information content (AvgIpc) is 3.07. The van der Waals surface area contributed by atoms with Gasteiger partial charge in [-0.2, -0.15) is 0 Å². The van der Waals surface area contributed by atoms with Crippen molar-refractivity contribution in [1.82, 2.24) is 10.2 Å². The number of thioether (sulfide) groups is 1.